The molecular formula is C15H17F2N5O. The molecule has 0 aliphatic carbocycles. The van der Waals surface area contributed by atoms with Crippen molar-refractivity contribution >= 4 is 11.7 Å². The van der Waals surface area contributed by atoms with E-state index in [4.69, 9.17) is 0 Å². The number of halogens is 2. The van der Waals surface area contributed by atoms with Crippen LogP contribution >= 0.6 is 0 Å². The van der Waals surface area contributed by atoms with Crippen molar-refractivity contribution in [1.82, 2.24) is 19.7 Å². The molecule has 1 atom stereocenters. The molecule has 1 aliphatic rings. The Kier molecular flexibility index (Phi) is 4.06. The normalized spacial score (nSPS) is 17.2. The number of hydrogen-bond acceptors (Lipinski definition) is 4. The van der Waals surface area contributed by atoms with Crippen molar-refractivity contribution in [3.8, 4) is 0 Å². The quantitative estimate of drug-likeness (QED) is 0.869. The molecule has 2 aromatic heterocycles. The summed E-state index contributed by atoms with van der Waals surface area (Å²) in [6.45, 7) is 2.03. The van der Waals surface area contributed by atoms with Crippen molar-refractivity contribution in [1.29, 1.82) is 0 Å². The van der Waals surface area contributed by atoms with E-state index >= 15 is 0 Å². The lowest BCUT2D eigenvalue weighted by Crippen LogP contribution is -2.38. The van der Waals surface area contributed by atoms with Gasteiger partial charge in [-0.3, -0.25) is 9.69 Å². The maximum absolute atomic E-state index is 13.0. The number of pyridine rings is 1. The van der Waals surface area contributed by atoms with Gasteiger partial charge in [-0.25, -0.2) is 13.8 Å². The van der Waals surface area contributed by atoms with Crippen LogP contribution in [0.25, 0.3) is 0 Å². The molecule has 0 fully saturated rings. The van der Waals surface area contributed by atoms with Gasteiger partial charge in [-0.2, -0.15) is 0 Å². The van der Waals surface area contributed by atoms with Crippen LogP contribution in [0.1, 0.15) is 30.2 Å². The third kappa shape index (κ3) is 2.93. The van der Waals surface area contributed by atoms with Crippen LogP contribution in [0, 0.1) is 12.8 Å². The van der Waals surface area contributed by atoms with E-state index in [1.165, 1.54) is 9.47 Å². The van der Waals surface area contributed by atoms with Gasteiger partial charge >= 0.3 is 0 Å². The molecule has 2 aromatic rings. The molecule has 1 amide bonds. The van der Waals surface area contributed by atoms with Gasteiger partial charge in [0.25, 0.3) is 6.43 Å². The Hall–Kier alpha value is -2.38. The number of hydrogen-bond donors (Lipinski definition) is 0. The molecule has 0 saturated carbocycles. The van der Waals surface area contributed by atoms with Crippen molar-refractivity contribution in [2.24, 2.45) is 5.92 Å². The van der Waals surface area contributed by atoms with Crippen LogP contribution in [0.2, 0.25) is 0 Å². The number of carbonyl (C=O) groups excluding carboxylic acids is 1. The van der Waals surface area contributed by atoms with E-state index in [0.717, 1.165) is 5.69 Å². The molecule has 3 rings (SSSR count). The summed E-state index contributed by atoms with van der Waals surface area (Å²) < 4.78 is 27.3. The Morgan fingerprint density at radius 2 is 2.17 bits per heavy atom. The van der Waals surface area contributed by atoms with Crippen molar-refractivity contribution in [2.75, 3.05) is 11.9 Å². The highest BCUT2D eigenvalue weighted by Gasteiger charge is 2.32. The molecule has 1 unspecified atom stereocenters. The molecule has 3 heterocycles. The van der Waals surface area contributed by atoms with Crippen LogP contribution in [0.5, 0.6) is 0 Å². The molecule has 0 N–H and O–H groups in total. The van der Waals surface area contributed by atoms with E-state index in [1.54, 1.807) is 13.1 Å². The Morgan fingerprint density at radius 3 is 2.87 bits per heavy atom. The van der Waals surface area contributed by atoms with Gasteiger partial charge < -0.3 is 4.57 Å². The predicted octanol–water partition coefficient (Wildman–Crippen LogP) is 2.14. The van der Waals surface area contributed by atoms with Crippen molar-refractivity contribution < 1.29 is 13.6 Å². The molecule has 1 aliphatic heterocycles. The number of alkyl halides is 2. The van der Waals surface area contributed by atoms with Crippen molar-refractivity contribution in [2.45, 2.75) is 32.7 Å². The predicted molar refractivity (Wildman–Crippen MR) is 79.2 cm³/mol. The third-order valence-corrected chi connectivity index (χ3v) is 4.07. The fourth-order valence-corrected chi connectivity index (χ4v) is 2.81. The van der Waals surface area contributed by atoms with Gasteiger partial charge in [-0.15, -0.1) is 10.2 Å². The number of fused-ring (bicyclic) bond motifs is 1. The second kappa shape index (κ2) is 6.02. The van der Waals surface area contributed by atoms with Gasteiger partial charge in [0.15, 0.2) is 5.82 Å². The van der Waals surface area contributed by atoms with Crippen molar-refractivity contribution in [3.63, 3.8) is 0 Å². The lowest BCUT2D eigenvalue weighted by Gasteiger charge is -2.27. The molecule has 8 heteroatoms. The smallest absolute Gasteiger partial charge is 0.297 e. The van der Waals surface area contributed by atoms with E-state index in [1.807, 2.05) is 19.1 Å². The van der Waals surface area contributed by atoms with E-state index in [9.17, 15) is 13.6 Å². The number of aryl methyl sites for hydroxylation is 2. The largest absolute Gasteiger partial charge is 0.309 e. The molecule has 23 heavy (non-hydrogen) atoms. The van der Waals surface area contributed by atoms with E-state index in [-0.39, 0.29) is 24.2 Å². The molecule has 0 spiro atoms. The lowest BCUT2D eigenvalue weighted by molar-refractivity contribution is -0.123. The highest BCUT2D eigenvalue weighted by atomic mass is 19.3. The maximum Gasteiger partial charge on any atom is 0.297 e. The summed E-state index contributed by atoms with van der Waals surface area (Å²) in [6, 6.07) is 5.43. The fraction of sp³-hybridized carbons (Fsp3) is 0.467. The summed E-state index contributed by atoms with van der Waals surface area (Å²) >= 11 is 0. The van der Waals surface area contributed by atoms with Crippen molar-refractivity contribution in [3.05, 3.63) is 35.5 Å². The number of carbonyl (C=O) groups is 1. The summed E-state index contributed by atoms with van der Waals surface area (Å²) in [5.41, 5.74) is 0.812. The molecule has 0 radical (unpaired) electrons. The average molecular weight is 321 g/mol. The van der Waals surface area contributed by atoms with E-state index in [2.05, 4.69) is 15.2 Å². The minimum Gasteiger partial charge on any atom is -0.309 e. The number of rotatable bonds is 3. The molecule has 6 nitrogen and oxygen atoms in total. The fourth-order valence-electron chi connectivity index (χ4n) is 2.81. The van der Waals surface area contributed by atoms with E-state index in [0.29, 0.717) is 24.5 Å². The first-order chi connectivity index (χ1) is 11.0. The van der Waals surface area contributed by atoms with Gasteiger partial charge in [0, 0.05) is 25.7 Å². The van der Waals surface area contributed by atoms with Crippen LogP contribution in [-0.2, 0) is 17.8 Å². The maximum atomic E-state index is 13.0. The van der Waals surface area contributed by atoms with Gasteiger partial charge in [0.1, 0.15) is 11.6 Å². The van der Waals surface area contributed by atoms with E-state index < -0.39 is 6.43 Å². The zero-order valence-corrected chi connectivity index (χ0v) is 12.9. The first kappa shape index (κ1) is 15.5. The van der Waals surface area contributed by atoms with Crippen LogP contribution in [0.3, 0.4) is 0 Å². The molecule has 122 valence electrons. The summed E-state index contributed by atoms with van der Waals surface area (Å²) in [6.07, 6.45) is -1.66. The Morgan fingerprint density at radius 1 is 1.39 bits per heavy atom. The minimum atomic E-state index is -2.69. The summed E-state index contributed by atoms with van der Waals surface area (Å²) in [7, 11) is 1.65. The molecular weight excluding hydrogens is 304 g/mol. The Bertz CT molecular complexity index is 730. The van der Waals surface area contributed by atoms with Crippen LogP contribution < -0.4 is 4.90 Å². The highest BCUT2D eigenvalue weighted by Crippen LogP contribution is 2.26. The number of aromatic nitrogens is 4. The van der Waals surface area contributed by atoms with Gasteiger partial charge in [0.2, 0.25) is 5.91 Å². The Labute approximate surface area is 132 Å². The SMILES string of the molecule is Cc1cccc(N(C)C(=O)C2CCc3nnc(C(F)F)n3C2)n1. The average Bonchev–Trinajstić information content (AvgIpc) is 2.96. The monoisotopic (exact) mass is 321 g/mol. The minimum absolute atomic E-state index is 0.136. The second-order valence-electron chi connectivity index (χ2n) is 5.66. The number of anilines is 1. The second-order valence-corrected chi connectivity index (χ2v) is 5.66. The zero-order valence-electron chi connectivity index (χ0n) is 12.9. The van der Waals surface area contributed by atoms with Gasteiger partial charge in [0.05, 0.1) is 5.92 Å². The van der Waals surface area contributed by atoms with Gasteiger partial charge in [-0.05, 0) is 25.5 Å². The van der Waals surface area contributed by atoms with Gasteiger partial charge in [-0.1, -0.05) is 6.07 Å². The van der Waals surface area contributed by atoms with Crippen LogP contribution in [0.15, 0.2) is 18.2 Å². The molecule has 0 saturated heterocycles. The first-order valence-electron chi connectivity index (χ1n) is 7.38. The first-order valence-corrected chi connectivity index (χ1v) is 7.38. The number of amides is 1. The summed E-state index contributed by atoms with van der Waals surface area (Å²) in [5.74, 6) is 0.180. The standard InChI is InChI=1S/C15H17F2N5O/c1-9-4-3-5-11(18-9)21(2)15(23)10-6-7-12-19-20-14(13(16)17)22(12)8-10/h3-5,10,13H,6-8H2,1-2H3. The molecule has 0 aromatic carbocycles. The third-order valence-electron chi connectivity index (χ3n) is 4.07. The highest BCUT2D eigenvalue weighted by molar-refractivity contribution is 5.93. The summed E-state index contributed by atoms with van der Waals surface area (Å²) in [5, 5.41) is 7.31. The molecule has 0 bridgehead atoms. The summed E-state index contributed by atoms with van der Waals surface area (Å²) in [4.78, 5) is 18.5. The zero-order chi connectivity index (χ0) is 16.6. The lowest BCUT2D eigenvalue weighted by atomic mass is 9.97. The van der Waals surface area contributed by atoms with Crippen LogP contribution in [0.4, 0.5) is 14.6 Å². The van der Waals surface area contributed by atoms with Crippen LogP contribution in [-0.4, -0.2) is 32.7 Å². The number of nitrogens with zero attached hydrogens (tertiary/aromatic N) is 5. The Balaban J connectivity index is 1.80. The topological polar surface area (TPSA) is 63.9 Å².